The van der Waals surface area contributed by atoms with E-state index in [9.17, 15) is 17.3 Å². The zero-order valence-electron chi connectivity index (χ0n) is 8.60. The third-order valence-electron chi connectivity index (χ3n) is 1.58. The van der Waals surface area contributed by atoms with Gasteiger partial charge in [-0.15, -0.1) is 0 Å². The van der Waals surface area contributed by atoms with E-state index in [0.717, 1.165) is 39.6 Å². The van der Waals surface area contributed by atoms with Crippen LogP contribution in [0.1, 0.15) is 6.92 Å². The number of nitrogens with zero attached hydrogens (tertiary/aromatic N) is 1. The monoisotopic (exact) mass is 232 g/mol. The standard InChI is InChI=1S/C7H15NO2.BF4/c1-2-9-7-8-3-5-10-6-4-8;2-1(3,4)5/h2-7H2,1H3;/q;-1. The normalized spacial score (nSPS) is 18.2. The fourth-order valence-corrected chi connectivity index (χ4v) is 0.951. The summed E-state index contributed by atoms with van der Waals surface area (Å²) in [5, 5.41) is 0. The van der Waals surface area contributed by atoms with Gasteiger partial charge >= 0.3 is 7.25 Å². The van der Waals surface area contributed by atoms with E-state index in [0.29, 0.717) is 0 Å². The highest BCUT2D eigenvalue weighted by molar-refractivity contribution is 6.50. The van der Waals surface area contributed by atoms with Gasteiger partial charge in [0, 0.05) is 19.7 Å². The first-order chi connectivity index (χ1) is 6.93. The van der Waals surface area contributed by atoms with Crippen LogP contribution in [0.15, 0.2) is 0 Å². The first-order valence-electron chi connectivity index (χ1n) is 4.68. The first-order valence-corrected chi connectivity index (χ1v) is 4.68. The van der Waals surface area contributed by atoms with Crippen LogP contribution in [0.2, 0.25) is 0 Å². The van der Waals surface area contributed by atoms with Crippen LogP contribution in [0.5, 0.6) is 0 Å². The van der Waals surface area contributed by atoms with Gasteiger partial charge in [0.2, 0.25) is 0 Å². The Labute approximate surface area is 86.4 Å². The van der Waals surface area contributed by atoms with E-state index in [1.165, 1.54) is 0 Å². The van der Waals surface area contributed by atoms with Crippen LogP contribution < -0.4 is 0 Å². The SMILES string of the molecule is CCOCN1CCOCC1.F[B-](F)(F)F. The average molecular weight is 232 g/mol. The van der Waals surface area contributed by atoms with E-state index in [1.807, 2.05) is 6.92 Å². The van der Waals surface area contributed by atoms with Crippen LogP contribution in [-0.4, -0.2) is 51.8 Å². The summed E-state index contributed by atoms with van der Waals surface area (Å²) in [5.41, 5.74) is 0. The van der Waals surface area contributed by atoms with Gasteiger partial charge in [-0.3, -0.25) is 4.90 Å². The van der Waals surface area contributed by atoms with E-state index in [2.05, 4.69) is 4.90 Å². The molecule has 1 heterocycles. The van der Waals surface area contributed by atoms with Gasteiger partial charge < -0.3 is 26.7 Å². The molecule has 0 aliphatic carbocycles. The summed E-state index contributed by atoms with van der Waals surface area (Å²) in [6.45, 7) is 7.32. The van der Waals surface area contributed by atoms with Crippen LogP contribution in [-0.2, 0) is 9.47 Å². The highest BCUT2D eigenvalue weighted by Gasteiger charge is 2.20. The molecular formula is C7H15BF4NO2-. The van der Waals surface area contributed by atoms with Gasteiger partial charge in [0.1, 0.15) is 0 Å². The second kappa shape index (κ2) is 7.89. The highest BCUT2D eigenvalue weighted by Crippen LogP contribution is 2.06. The molecule has 1 rings (SSSR count). The molecule has 0 N–H and O–H groups in total. The molecule has 0 atom stereocenters. The number of rotatable bonds is 3. The van der Waals surface area contributed by atoms with E-state index >= 15 is 0 Å². The zero-order chi connectivity index (χ0) is 11.7. The summed E-state index contributed by atoms with van der Waals surface area (Å²) >= 11 is 0. The van der Waals surface area contributed by atoms with Gasteiger partial charge in [-0.2, -0.15) is 0 Å². The molecule has 1 aliphatic rings. The predicted molar refractivity (Wildman–Crippen MR) is 49.1 cm³/mol. The molecule has 0 radical (unpaired) electrons. The van der Waals surface area contributed by atoms with Crippen molar-refractivity contribution < 1.29 is 26.7 Å². The van der Waals surface area contributed by atoms with E-state index in [1.54, 1.807) is 0 Å². The Morgan fingerprint density at radius 3 is 2.07 bits per heavy atom. The van der Waals surface area contributed by atoms with E-state index in [-0.39, 0.29) is 0 Å². The minimum Gasteiger partial charge on any atom is -0.418 e. The van der Waals surface area contributed by atoms with Crippen LogP contribution >= 0.6 is 0 Å². The lowest BCUT2D eigenvalue weighted by molar-refractivity contribution is -0.0295. The molecule has 0 bridgehead atoms. The average Bonchev–Trinajstić information content (AvgIpc) is 2.14. The van der Waals surface area contributed by atoms with E-state index in [4.69, 9.17) is 9.47 Å². The summed E-state index contributed by atoms with van der Waals surface area (Å²) in [7, 11) is -6.00. The Kier molecular flexibility index (Phi) is 7.72. The minimum atomic E-state index is -6.00. The number of morpholine rings is 1. The van der Waals surface area contributed by atoms with Crippen LogP contribution in [0.3, 0.4) is 0 Å². The fraction of sp³-hybridized carbons (Fsp3) is 1.00. The smallest absolute Gasteiger partial charge is 0.418 e. The van der Waals surface area contributed by atoms with Crippen LogP contribution in [0.4, 0.5) is 17.3 Å². The lowest BCUT2D eigenvalue weighted by atomic mass is 10.3. The molecule has 1 saturated heterocycles. The highest BCUT2D eigenvalue weighted by atomic mass is 19.5. The Morgan fingerprint density at radius 2 is 1.67 bits per heavy atom. The van der Waals surface area contributed by atoms with Crippen molar-refractivity contribution in [2.45, 2.75) is 6.92 Å². The second-order valence-corrected chi connectivity index (χ2v) is 2.85. The molecule has 1 aliphatic heterocycles. The van der Waals surface area contributed by atoms with Gasteiger partial charge in [-0.1, -0.05) is 0 Å². The van der Waals surface area contributed by atoms with Gasteiger partial charge in [-0.05, 0) is 6.92 Å². The van der Waals surface area contributed by atoms with Crippen molar-refractivity contribution >= 4 is 7.25 Å². The maximum Gasteiger partial charge on any atom is 0.673 e. The maximum atomic E-state index is 9.75. The van der Waals surface area contributed by atoms with Crippen molar-refractivity contribution in [3.05, 3.63) is 0 Å². The molecule has 0 spiro atoms. The zero-order valence-corrected chi connectivity index (χ0v) is 8.60. The third-order valence-corrected chi connectivity index (χ3v) is 1.58. The number of ether oxygens (including phenoxy) is 2. The first kappa shape index (κ1) is 14.7. The molecule has 92 valence electrons. The Hall–Kier alpha value is -0.335. The minimum absolute atomic E-state index is 0.764. The Balaban J connectivity index is 0.000000336. The van der Waals surface area contributed by atoms with Gasteiger partial charge in [0.05, 0.1) is 19.9 Å². The Bertz CT molecular complexity index is 146. The Morgan fingerprint density at radius 1 is 1.20 bits per heavy atom. The summed E-state index contributed by atoms with van der Waals surface area (Å²) in [5.74, 6) is 0. The largest absolute Gasteiger partial charge is 0.673 e. The molecule has 3 nitrogen and oxygen atoms in total. The number of halogens is 4. The van der Waals surface area contributed by atoms with Crippen molar-refractivity contribution in [3.63, 3.8) is 0 Å². The van der Waals surface area contributed by atoms with E-state index < -0.39 is 7.25 Å². The summed E-state index contributed by atoms with van der Waals surface area (Å²) < 4.78 is 49.4. The van der Waals surface area contributed by atoms with Crippen molar-refractivity contribution in [3.8, 4) is 0 Å². The quantitative estimate of drug-likeness (QED) is 0.545. The number of hydrogen-bond acceptors (Lipinski definition) is 3. The fourth-order valence-electron chi connectivity index (χ4n) is 0.951. The number of hydrogen-bond donors (Lipinski definition) is 0. The van der Waals surface area contributed by atoms with Crippen molar-refractivity contribution in [2.75, 3.05) is 39.6 Å². The summed E-state index contributed by atoms with van der Waals surface area (Å²) in [6, 6.07) is 0. The molecule has 0 saturated carbocycles. The van der Waals surface area contributed by atoms with Gasteiger partial charge in [-0.25, -0.2) is 0 Å². The third kappa shape index (κ3) is 13.7. The molecular weight excluding hydrogens is 217 g/mol. The molecule has 8 heteroatoms. The second-order valence-electron chi connectivity index (χ2n) is 2.85. The lowest BCUT2D eigenvalue weighted by Gasteiger charge is -2.25. The van der Waals surface area contributed by atoms with Crippen LogP contribution in [0.25, 0.3) is 0 Å². The molecule has 0 aromatic rings. The lowest BCUT2D eigenvalue weighted by Crippen LogP contribution is -2.37. The van der Waals surface area contributed by atoms with Gasteiger partial charge in [0.25, 0.3) is 0 Å². The van der Waals surface area contributed by atoms with Gasteiger partial charge in [0.15, 0.2) is 0 Å². The molecule has 0 aromatic carbocycles. The summed E-state index contributed by atoms with van der Waals surface area (Å²) in [4.78, 5) is 2.26. The van der Waals surface area contributed by atoms with Crippen molar-refractivity contribution in [2.24, 2.45) is 0 Å². The van der Waals surface area contributed by atoms with Crippen LogP contribution in [0, 0.1) is 0 Å². The predicted octanol–water partition coefficient (Wildman–Crippen LogP) is 1.61. The maximum absolute atomic E-state index is 9.75. The molecule has 0 unspecified atom stereocenters. The van der Waals surface area contributed by atoms with Crippen molar-refractivity contribution in [1.82, 2.24) is 4.90 Å². The molecule has 1 fully saturated rings. The topological polar surface area (TPSA) is 21.7 Å². The molecule has 0 amide bonds. The molecule has 15 heavy (non-hydrogen) atoms. The van der Waals surface area contributed by atoms with Crippen molar-refractivity contribution in [1.29, 1.82) is 0 Å². The summed E-state index contributed by atoms with van der Waals surface area (Å²) in [6.07, 6.45) is 0. The molecule has 0 aromatic heterocycles.